The Bertz CT molecular complexity index is 376. The Kier molecular flexibility index (Phi) is 3.26. The van der Waals surface area contributed by atoms with Crippen LogP contribution in [-0.4, -0.2) is 21.9 Å². The molecule has 1 aromatic heterocycles. The maximum Gasteiger partial charge on any atom is 0.161 e. The van der Waals surface area contributed by atoms with Crippen molar-refractivity contribution in [1.29, 1.82) is 0 Å². The molecule has 0 bridgehead atoms. The van der Waals surface area contributed by atoms with Crippen molar-refractivity contribution in [2.45, 2.75) is 25.5 Å². The van der Waals surface area contributed by atoms with Crippen molar-refractivity contribution >= 4 is 22.6 Å². The van der Waals surface area contributed by atoms with Gasteiger partial charge in [-0.1, -0.05) is 18.7 Å². The van der Waals surface area contributed by atoms with Gasteiger partial charge in [0.15, 0.2) is 5.17 Å². The molecule has 15 heavy (non-hydrogen) atoms. The third-order valence-corrected chi connectivity index (χ3v) is 3.69. The van der Waals surface area contributed by atoms with Gasteiger partial charge >= 0.3 is 0 Å². The van der Waals surface area contributed by atoms with E-state index < -0.39 is 0 Å². The largest absolute Gasteiger partial charge is 0.333 e. The second kappa shape index (κ2) is 4.66. The summed E-state index contributed by atoms with van der Waals surface area (Å²) in [5, 5.41) is 4.99. The standard InChI is InChI=1S/C11H15N3S/c1-3-9-7-13-11(15-9)14-10-5-4-6-12-8(10)2/h4-6,9H,3,7H2,1-2H3,(H,13,14). The fourth-order valence-electron chi connectivity index (χ4n) is 1.43. The molecule has 0 radical (unpaired) electrons. The molecule has 80 valence electrons. The lowest BCUT2D eigenvalue weighted by molar-refractivity contribution is 0.843. The molecule has 0 saturated heterocycles. The quantitative estimate of drug-likeness (QED) is 0.834. The summed E-state index contributed by atoms with van der Waals surface area (Å²) in [5.41, 5.74) is 2.07. The second-order valence-electron chi connectivity index (χ2n) is 3.56. The third kappa shape index (κ3) is 2.50. The zero-order valence-electron chi connectivity index (χ0n) is 9.03. The molecule has 1 atom stereocenters. The number of nitrogens with one attached hydrogen (secondary N) is 1. The number of rotatable bonds is 2. The summed E-state index contributed by atoms with van der Waals surface area (Å²) in [4.78, 5) is 8.70. The van der Waals surface area contributed by atoms with Crippen LogP contribution in [0.4, 0.5) is 5.69 Å². The Morgan fingerprint density at radius 3 is 3.13 bits per heavy atom. The van der Waals surface area contributed by atoms with E-state index in [0.29, 0.717) is 5.25 Å². The number of aryl methyl sites for hydroxylation is 1. The van der Waals surface area contributed by atoms with Crippen molar-refractivity contribution in [3.8, 4) is 0 Å². The molecule has 1 unspecified atom stereocenters. The number of thioether (sulfide) groups is 1. The Labute approximate surface area is 94.4 Å². The number of nitrogens with zero attached hydrogens (tertiary/aromatic N) is 2. The summed E-state index contributed by atoms with van der Waals surface area (Å²) in [6.45, 7) is 5.13. The Morgan fingerprint density at radius 2 is 2.47 bits per heavy atom. The van der Waals surface area contributed by atoms with Gasteiger partial charge in [-0.15, -0.1) is 0 Å². The monoisotopic (exact) mass is 221 g/mol. The Balaban J connectivity index is 2.02. The molecule has 2 heterocycles. The minimum Gasteiger partial charge on any atom is -0.333 e. The average molecular weight is 221 g/mol. The van der Waals surface area contributed by atoms with Crippen LogP contribution >= 0.6 is 11.8 Å². The van der Waals surface area contributed by atoms with E-state index in [1.807, 2.05) is 30.8 Å². The number of aliphatic imine (C=N–C) groups is 1. The van der Waals surface area contributed by atoms with Gasteiger partial charge in [-0.2, -0.15) is 0 Å². The lowest BCUT2D eigenvalue weighted by atomic mass is 10.3. The fraction of sp³-hybridized carbons (Fsp3) is 0.455. The number of hydrogen-bond donors (Lipinski definition) is 1. The van der Waals surface area contributed by atoms with Gasteiger partial charge in [0.1, 0.15) is 0 Å². The van der Waals surface area contributed by atoms with E-state index in [-0.39, 0.29) is 0 Å². The van der Waals surface area contributed by atoms with Crippen LogP contribution in [0.25, 0.3) is 0 Å². The number of amidine groups is 1. The second-order valence-corrected chi connectivity index (χ2v) is 4.84. The van der Waals surface area contributed by atoms with Crippen LogP contribution in [0.2, 0.25) is 0 Å². The van der Waals surface area contributed by atoms with Gasteiger partial charge in [0.2, 0.25) is 0 Å². The van der Waals surface area contributed by atoms with Crippen molar-refractivity contribution in [2.24, 2.45) is 4.99 Å². The van der Waals surface area contributed by atoms with Crippen molar-refractivity contribution in [3.63, 3.8) is 0 Å². The third-order valence-electron chi connectivity index (χ3n) is 2.42. The molecule has 1 N–H and O–H groups in total. The fourth-order valence-corrected chi connectivity index (χ4v) is 2.38. The molecule has 0 fully saturated rings. The Morgan fingerprint density at radius 1 is 1.60 bits per heavy atom. The molecular formula is C11H15N3S. The molecule has 1 aliphatic rings. The van der Waals surface area contributed by atoms with E-state index >= 15 is 0 Å². The van der Waals surface area contributed by atoms with Crippen molar-refractivity contribution in [2.75, 3.05) is 11.9 Å². The molecule has 3 nitrogen and oxygen atoms in total. The summed E-state index contributed by atoms with van der Waals surface area (Å²) in [5.74, 6) is 0. The van der Waals surface area contributed by atoms with E-state index in [0.717, 1.165) is 23.1 Å². The van der Waals surface area contributed by atoms with Crippen molar-refractivity contribution in [1.82, 2.24) is 4.98 Å². The van der Waals surface area contributed by atoms with E-state index in [9.17, 15) is 0 Å². The van der Waals surface area contributed by atoms with Gasteiger partial charge in [0.05, 0.1) is 17.9 Å². The predicted octanol–water partition coefficient (Wildman–Crippen LogP) is 2.68. The first-order chi connectivity index (χ1) is 7.29. The highest BCUT2D eigenvalue weighted by Crippen LogP contribution is 2.25. The topological polar surface area (TPSA) is 37.3 Å². The van der Waals surface area contributed by atoms with Crippen molar-refractivity contribution in [3.05, 3.63) is 24.0 Å². The Hall–Kier alpha value is -1.03. The van der Waals surface area contributed by atoms with Crippen LogP contribution in [0.1, 0.15) is 19.0 Å². The van der Waals surface area contributed by atoms with Crippen LogP contribution in [0.5, 0.6) is 0 Å². The zero-order valence-corrected chi connectivity index (χ0v) is 9.84. The SMILES string of the molecule is CCC1CN=C(Nc2cccnc2C)S1. The van der Waals surface area contributed by atoms with Crippen LogP contribution in [0.15, 0.2) is 23.3 Å². The first-order valence-corrected chi connectivity index (χ1v) is 6.07. The van der Waals surface area contributed by atoms with E-state index in [1.54, 1.807) is 6.20 Å². The summed E-state index contributed by atoms with van der Waals surface area (Å²) < 4.78 is 0. The normalized spacial score (nSPS) is 20.1. The minimum atomic E-state index is 0.643. The highest BCUT2D eigenvalue weighted by molar-refractivity contribution is 8.15. The summed E-state index contributed by atoms with van der Waals surface area (Å²) >= 11 is 1.83. The van der Waals surface area contributed by atoms with Gasteiger partial charge in [0.25, 0.3) is 0 Å². The molecule has 0 aromatic carbocycles. The number of aromatic nitrogens is 1. The highest BCUT2D eigenvalue weighted by atomic mass is 32.2. The number of hydrogen-bond acceptors (Lipinski definition) is 4. The van der Waals surface area contributed by atoms with Crippen molar-refractivity contribution < 1.29 is 0 Å². The number of pyridine rings is 1. The van der Waals surface area contributed by atoms with Gasteiger partial charge in [-0.25, -0.2) is 0 Å². The van der Waals surface area contributed by atoms with Crippen LogP contribution in [0.3, 0.4) is 0 Å². The molecule has 2 rings (SSSR count). The first kappa shape index (κ1) is 10.5. The molecule has 0 spiro atoms. The molecule has 1 aliphatic heterocycles. The molecule has 1 aromatic rings. The van der Waals surface area contributed by atoms with Crippen LogP contribution in [-0.2, 0) is 0 Å². The van der Waals surface area contributed by atoms with Crippen LogP contribution in [0, 0.1) is 6.92 Å². The van der Waals surface area contributed by atoms with Gasteiger partial charge < -0.3 is 5.32 Å². The maximum atomic E-state index is 4.47. The highest BCUT2D eigenvalue weighted by Gasteiger charge is 2.17. The molecule has 0 saturated carbocycles. The van der Waals surface area contributed by atoms with E-state index in [2.05, 4.69) is 22.2 Å². The summed E-state index contributed by atoms with van der Waals surface area (Å²) in [7, 11) is 0. The zero-order chi connectivity index (χ0) is 10.7. The molecule has 0 aliphatic carbocycles. The minimum absolute atomic E-state index is 0.643. The lowest BCUT2D eigenvalue weighted by Gasteiger charge is -2.08. The number of anilines is 1. The maximum absolute atomic E-state index is 4.47. The average Bonchev–Trinajstić information content (AvgIpc) is 2.69. The smallest absolute Gasteiger partial charge is 0.161 e. The van der Waals surface area contributed by atoms with Crippen LogP contribution < -0.4 is 5.32 Å². The van der Waals surface area contributed by atoms with Gasteiger partial charge in [-0.05, 0) is 25.5 Å². The molecule has 4 heteroatoms. The molecule has 0 amide bonds. The van der Waals surface area contributed by atoms with E-state index in [4.69, 9.17) is 0 Å². The first-order valence-electron chi connectivity index (χ1n) is 5.19. The lowest BCUT2D eigenvalue weighted by Crippen LogP contribution is -2.08. The van der Waals surface area contributed by atoms with Gasteiger partial charge in [0, 0.05) is 11.4 Å². The van der Waals surface area contributed by atoms with Gasteiger partial charge in [-0.3, -0.25) is 9.98 Å². The summed E-state index contributed by atoms with van der Waals surface area (Å²) in [6.07, 6.45) is 2.98. The summed E-state index contributed by atoms with van der Waals surface area (Å²) in [6, 6.07) is 3.97. The molecular weight excluding hydrogens is 206 g/mol. The van der Waals surface area contributed by atoms with E-state index in [1.165, 1.54) is 6.42 Å². The predicted molar refractivity (Wildman–Crippen MR) is 66.6 cm³/mol.